The maximum atomic E-state index is 3.60. The lowest BCUT2D eigenvalue weighted by molar-refractivity contribution is 0.567. The molecule has 1 heterocycles. The molecule has 1 atom stereocenters. The summed E-state index contributed by atoms with van der Waals surface area (Å²) >= 11 is 3.55. The van der Waals surface area contributed by atoms with Crippen LogP contribution in [0.1, 0.15) is 22.7 Å². The lowest BCUT2D eigenvalue weighted by Crippen LogP contribution is -2.30. The predicted octanol–water partition coefficient (Wildman–Crippen LogP) is 3.68. The van der Waals surface area contributed by atoms with Gasteiger partial charge in [-0.2, -0.15) is 0 Å². The molecular weight excluding hydrogens is 274 g/mol. The molecule has 0 saturated heterocycles. The Morgan fingerprint density at radius 2 is 1.88 bits per heavy atom. The van der Waals surface area contributed by atoms with Gasteiger partial charge in [-0.3, -0.25) is 0 Å². The van der Waals surface area contributed by atoms with Crippen molar-refractivity contribution in [2.24, 2.45) is 0 Å². The van der Waals surface area contributed by atoms with Crippen LogP contribution in [0, 0.1) is 0 Å². The van der Waals surface area contributed by atoms with Gasteiger partial charge in [-0.15, -0.1) is 0 Å². The van der Waals surface area contributed by atoms with Crippen LogP contribution < -0.4 is 5.32 Å². The molecule has 1 aliphatic rings. The Morgan fingerprint density at radius 3 is 2.71 bits per heavy atom. The molecule has 1 nitrogen and oxygen atoms in total. The van der Waals surface area contributed by atoms with Crippen molar-refractivity contribution in [2.45, 2.75) is 12.5 Å². The number of nitrogens with one attached hydrogen (secondary N) is 1. The van der Waals surface area contributed by atoms with Gasteiger partial charge in [0.25, 0.3) is 0 Å². The van der Waals surface area contributed by atoms with Gasteiger partial charge in [0, 0.05) is 11.0 Å². The van der Waals surface area contributed by atoms with E-state index in [0.717, 1.165) is 13.0 Å². The van der Waals surface area contributed by atoms with E-state index in [9.17, 15) is 0 Å². The van der Waals surface area contributed by atoms with Gasteiger partial charge in [0.05, 0.1) is 6.04 Å². The monoisotopic (exact) mass is 287 g/mol. The van der Waals surface area contributed by atoms with E-state index in [4.69, 9.17) is 0 Å². The van der Waals surface area contributed by atoms with E-state index in [1.54, 1.807) is 0 Å². The number of rotatable bonds is 1. The van der Waals surface area contributed by atoms with E-state index < -0.39 is 0 Å². The van der Waals surface area contributed by atoms with Crippen molar-refractivity contribution in [3.63, 3.8) is 0 Å². The van der Waals surface area contributed by atoms with Crippen LogP contribution in [-0.4, -0.2) is 6.54 Å². The van der Waals surface area contributed by atoms with Crippen LogP contribution in [0.5, 0.6) is 0 Å². The smallest absolute Gasteiger partial charge is 0.0579 e. The summed E-state index contributed by atoms with van der Waals surface area (Å²) in [5.41, 5.74) is 4.20. The minimum absolute atomic E-state index is 0.341. The zero-order valence-corrected chi connectivity index (χ0v) is 11.1. The third kappa shape index (κ3) is 2.15. The Morgan fingerprint density at radius 1 is 1.06 bits per heavy atom. The molecule has 86 valence electrons. The molecule has 0 saturated carbocycles. The van der Waals surface area contributed by atoms with Crippen molar-refractivity contribution in [1.29, 1.82) is 0 Å². The summed E-state index contributed by atoms with van der Waals surface area (Å²) in [7, 11) is 0. The van der Waals surface area contributed by atoms with E-state index in [0.29, 0.717) is 6.04 Å². The Balaban J connectivity index is 2.06. The Kier molecular flexibility index (Phi) is 3.00. The highest BCUT2D eigenvalue weighted by Crippen LogP contribution is 2.30. The molecule has 3 rings (SSSR count). The number of fused-ring (bicyclic) bond motifs is 1. The first-order valence-electron chi connectivity index (χ1n) is 5.91. The van der Waals surface area contributed by atoms with Gasteiger partial charge in [0.1, 0.15) is 0 Å². The van der Waals surface area contributed by atoms with Crippen molar-refractivity contribution >= 4 is 15.9 Å². The molecule has 0 spiro atoms. The molecule has 1 N–H and O–H groups in total. The van der Waals surface area contributed by atoms with Gasteiger partial charge in [0.2, 0.25) is 0 Å². The first-order valence-corrected chi connectivity index (χ1v) is 6.70. The van der Waals surface area contributed by atoms with Gasteiger partial charge >= 0.3 is 0 Å². The highest BCUT2D eigenvalue weighted by atomic mass is 79.9. The summed E-state index contributed by atoms with van der Waals surface area (Å²) in [6.07, 6.45) is 1.11. The van der Waals surface area contributed by atoms with Crippen LogP contribution in [0.25, 0.3) is 0 Å². The molecule has 0 radical (unpaired) electrons. The van der Waals surface area contributed by atoms with Crippen LogP contribution in [-0.2, 0) is 6.42 Å². The first kappa shape index (κ1) is 11.0. The van der Waals surface area contributed by atoms with Crippen LogP contribution in [0.2, 0.25) is 0 Å². The third-order valence-corrected chi connectivity index (χ3v) is 3.78. The van der Waals surface area contributed by atoms with Gasteiger partial charge < -0.3 is 5.32 Å². The average molecular weight is 288 g/mol. The maximum Gasteiger partial charge on any atom is 0.0579 e. The molecule has 0 amide bonds. The van der Waals surface area contributed by atoms with Gasteiger partial charge in [-0.1, -0.05) is 52.3 Å². The molecule has 0 aromatic heterocycles. The topological polar surface area (TPSA) is 12.0 Å². The van der Waals surface area contributed by atoms with Crippen molar-refractivity contribution in [1.82, 2.24) is 5.32 Å². The number of hydrogen-bond donors (Lipinski definition) is 1. The normalized spacial score (nSPS) is 18.8. The van der Waals surface area contributed by atoms with E-state index in [2.05, 4.69) is 69.8 Å². The van der Waals surface area contributed by atoms with E-state index in [1.165, 1.54) is 21.2 Å². The summed E-state index contributed by atoms with van der Waals surface area (Å²) < 4.78 is 1.17. The van der Waals surface area contributed by atoms with Crippen LogP contribution in [0.4, 0.5) is 0 Å². The average Bonchev–Trinajstić information content (AvgIpc) is 2.39. The maximum absolute atomic E-state index is 3.60. The van der Waals surface area contributed by atoms with E-state index >= 15 is 0 Å². The van der Waals surface area contributed by atoms with Crippen molar-refractivity contribution in [2.75, 3.05) is 6.54 Å². The number of halogens is 1. The molecule has 0 aliphatic carbocycles. The minimum atomic E-state index is 0.341. The molecule has 1 unspecified atom stereocenters. The lowest BCUT2D eigenvalue weighted by Gasteiger charge is -2.27. The predicted molar refractivity (Wildman–Crippen MR) is 74.1 cm³/mol. The summed E-state index contributed by atoms with van der Waals surface area (Å²) in [5, 5.41) is 3.60. The van der Waals surface area contributed by atoms with Crippen molar-refractivity contribution < 1.29 is 0 Å². The fourth-order valence-corrected chi connectivity index (χ4v) is 2.88. The first-order chi connectivity index (χ1) is 8.34. The molecule has 2 heteroatoms. The number of benzene rings is 2. The van der Waals surface area contributed by atoms with Crippen LogP contribution in [0.3, 0.4) is 0 Å². The molecule has 2 aromatic rings. The number of hydrogen-bond acceptors (Lipinski definition) is 1. The largest absolute Gasteiger partial charge is 0.306 e. The zero-order chi connectivity index (χ0) is 11.7. The summed E-state index contributed by atoms with van der Waals surface area (Å²) in [6, 6.07) is 17.6. The van der Waals surface area contributed by atoms with Crippen LogP contribution >= 0.6 is 15.9 Å². The summed E-state index contributed by atoms with van der Waals surface area (Å²) in [4.78, 5) is 0. The van der Waals surface area contributed by atoms with Crippen LogP contribution in [0.15, 0.2) is 53.0 Å². The van der Waals surface area contributed by atoms with Gasteiger partial charge in [0.15, 0.2) is 0 Å². The van der Waals surface area contributed by atoms with Gasteiger partial charge in [-0.05, 0) is 35.2 Å². The lowest BCUT2D eigenvalue weighted by atomic mass is 9.90. The fraction of sp³-hybridized carbons (Fsp3) is 0.200. The molecule has 0 fully saturated rings. The SMILES string of the molecule is Brc1ccc2c(c1)CCNC2c1ccccc1. The quantitative estimate of drug-likeness (QED) is 0.844. The third-order valence-electron chi connectivity index (χ3n) is 3.29. The second-order valence-electron chi connectivity index (χ2n) is 4.39. The van der Waals surface area contributed by atoms with Gasteiger partial charge in [-0.25, -0.2) is 0 Å². The Hall–Kier alpha value is -1.12. The van der Waals surface area contributed by atoms with Crippen molar-refractivity contribution in [3.05, 3.63) is 69.7 Å². The highest BCUT2D eigenvalue weighted by Gasteiger charge is 2.20. The highest BCUT2D eigenvalue weighted by molar-refractivity contribution is 9.10. The molecule has 17 heavy (non-hydrogen) atoms. The Bertz CT molecular complexity index is 522. The molecule has 2 aromatic carbocycles. The second-order valence-corrected chi connectivity index (χ2v) is 5.31. The summed E-state index contributed by atoms with van der Waals surface area (Å²) in [5.74, 6) is 0. The fourth-order valence-electron chi connectivity index (χ4n) is 2.48. The van der Waals surface area contributed by atoms with E-state index in [1.807, 2.05) is 0 Å². The van der Waals surface area contributed by atoms with E-state index in [-0.39, 0.29) is 0 Å². The minimum Gasteiger partial charge on any atom is -0.306 e. The molecule has 1 aliphatic heterocycles. The zero-order valence-electron chi connectivity index (χ0n) is 9.49. The molecule has 0 bridgehead atoms. The van der Waals surface area contributed by atoms with Crippen molar-refractivity contribution in [3.8, 4) is 0 Å². The second kappa shape index (κ2) is 4.63. The standard InChI is InChI=1S/C15H14BrN/c16-13-6-7-14-12(10-13)8-9-17-15(14)11-4-2-1-3-5-11/h1-7,10,15,17H,8-9H2. The summed E-state index contributed by atoms with van der Waals surface area (Å²) in [6.45, 7) is 1.04. The molecular formula is C15H14BrN. The Labute approximate surface area is 110 Å².